The number of esters is 1. The van der Waals surface area contributed by atoms with Crippen LogP contribution in [0.5, 0.6) is 0 Å². The van der Waals surface area contributed by atoms with Gasteiger partial charge in [0.1, 0.15) is 10.4 Å². The number of halogens is 6. The maximum absolute atomic E-state index is 13.3. The molecule has 0 saturated carbocycles. The molecule has 0 bridgehead atoms. The Kier molecular flexibility index (Phi) is 10.4. The number of hydrogen-bond acceptors (Lipinski definition) is 8. The third-order valence-corrected chi connectivity index (χ3v) is 8.04. The van der Waals surface area contributed by atoms with Crippen molar-refractivity contribution in [2.75, 3.05) is 33.2 Å². The Morgan fingerprint density at radius 3 is 2.41 bits per heavy atom. The molecule has 2 amide bonds. The highest BCUT2D eigenvalue weighted by Gasteiger charge is 2.37. The number of thioether (sulfide) groups is 1. The topological polar surface area (TPSA) is 91.8 Å². The van der Waals surface area contributed by atoms with E-state index >= 15 is 0 Å². The van der Waals surface area contributed by atoms with Gasteiger partial charge in [-0.05, 0) is 49.9 Å². The predicted octanol–water partition coefficient (Wildman–Crippen LogP) is 5.13. The second-order valence-electron chi connectivity index (χ2n) is 10.1. The predicted molar refractivity (Wildman–Crippen MR) is 154 cm³/mol. The van der Waals surface area contributed by atoms with Crippen molar-refractivity contribution in [1.29, 1.82) is 0 Å². The third kappa shape index (κ3) is 8.79. The maximum atomic E-state index is 13.3. The smallest absolute Gasteiger partial charge is 0.416 e. The summed E-state index contributed by atoms with van der Waals surface area (Å²) in [6.07, 6.45) is -8.23. The first-order chi connectivity index (χ1) is 20.6. The molecule has 1 aromatic heterocycles. The second-order valence-corrected chi connectivity index (χ2v) is 11.8. The van der Waals surface area contributed by atoms with E-state index in [4.69, 9.17) is 17.0 Å². The zero-order chi connectivity index (χ0) is 32.2. The molecule has 2 saturated heterocycles. The van der Waals surface area contributed by atoms with E-state index in [0.717, 1.165) is 24.7 Å². The zero-order valence-electron chi connectivity index (χ0n) is 23.1. The third-order valence-electron chi connectivity index (χ3n) is 6.67. The van der Waals surface area contributed by atoms with E-state index in [2.05, 4.69) is 10.3 Å². The van der Waals surface area contributed by atoms with Crippen LogP contribution in [0.3, 0.4) is 0 Å². The lowest BCUT2D eigenvalue weighted by Gasteiger charge is -2.14. The summed E-state index contributed by atoms with van der Waals surface area (Å²) in [5.41, 5.74) is -3.42. The molecule has 0 spiro atoms. The minimum atomic E-state index is -5.02. The minimum Gasteiger partial charge on any atom is -0.461 e. The quantitative estimate of drug-likeness (QED) is 0.171. The van der Waals surface area contributed by atoms with Crippen molar-refractivity contribution in [2.45, 2.75) is 37.7 Å². The van der Waals surface area contributed by atoms with Gasteiger partial charge in [0.05, 0.1) is 33.8 Å². The van der Waals surface area contributed by atoms with Crippen LogP contribution in [0.15, 0.2) is 41.3 Å². The van der Waals surface area contributed by atoms with Crippen molar-refractivity contribution >= 4 is 52.2 Å². The van der Waals surface area contributed by atoms with E-state index < -0.39 is 46.8 Å². The molecule has 0 aliphatic carbocycles. The molecular weight excluding hydrogens is 634 g/mol. The average molecular weight is 661 g/mol. The lowest BCUT2D eigenvalue weighted by Crippen LogP contribution is -2.34. The van der Waals surface area contributed by atoms with Gasteiger partial charge in [0.25, 0.3) is 5.91 Å². The first kappa shape index (κ1) is 33.4. The minimum absolute atomic E-state index is 0.000169. The summed E-state index contributed by atoms with van der Waals surface area (Å²) in [6.45, 7) is 1.52. The highest BCUT2D eigenvalue weighted by atomic mass is 32.2. The molecule has 0 radical (unpaired) electrons. The van der Waals surface area contributed by atoms with Crippen molar-refractivity contribution in [3.8, 4) is 11.3 Å². The van der Waals surface area contributed by atoms with Crippen molar-refractivity contribution in [2.24, 2.45) is 0 Å². The van der Waals surface area contributed by atoms with Crippen LogP contribution in [0, 0.1) is 0 Å². The van der Waals surface area contributed by atoms with Crippen LogP contribution in [-0.4, -0.2) is 76.2 Å². The Morgan fingerprint density at radius 2 is 1.80 bits per heavy atom. The van der Waals surface area contributed by atoms with Crippen molar-refractivity contribution in [1.82, 2.24) is 20.1 Å². The molecule has 1 aromatic carbocycles. The molecule has 4 rings (SSSR count). The molecule has 2 fully saturated rings. The van der Waals surface area contributed by atoms with E-state index in [-0.39, 0.29) is 58.7 Å². The summed E-state index contributed by atoms with van der Waals surface area (Å²) in [5.74, 6) is -1.37. The van der Waals surface area contributed by atoms with Gasteiger partial charge in [-0.15, -0.1) is 0 Å². The van der Waals surface area contributed by atoms with Crippen molar-refractivity contribution in [3.63, 3.8) is 0 Å². The first-order valence-electron chi connectivity index (χ1n) is 13.3. The molecule has 2 aromatic rings. The normalized spacial score (nSPS) is 18.8. The van der Waals surface area contributed by atoms with Gasteiger partial charge in [-0.3, -0.25) is 19.3 Å². The molecule has 8 nitrogen and oxygen atoms in total. The van der Waals surface area contributed by atoms with E-state index in [1.165, 1.54) is 29.2 Å². The number of carbonyl (C=O) groups is 3. The molecule has 2 aliphatic rings. The summed E-state index contributed by atoms with van der Waals surface area (Å²) in [5, 5.41) is 2.60. The Balaban J connectivity index is 1.36. The van der Waals surface area contributed by atoms with E-state index in [1.807, 2.05) is 11.9 Å². The number of nitrogens with zero attached hydrogens (tertiary/aromatic N) is 3. The molecule has 1 unspecified atom stereocenters. The SMILES string of the molecule is CN1CCC(OC(=O)CCNC(=O)CCN2C(=O)C(=Cc3cccc(-c4cc(C(F)(F)F)cc(C(F)(F)F)c4)n3)SC2=S)C1. The van der Waals surface area contributed by atoms with Crippen LogP contribution in [-0.2, 0) is 31.5 Å². The van der Waals surface area contributed by atoms with Crippen LogP contribution in [0.1, 0.15) is 36.1 Å². The van der Waals surface area contributed by atoms with Crippen LogP contribution >= 0.6 is 24.0 Å². The van der Waals surface area contributed by atoms with E-state index in [9.17, 15) is 40.7 Å². The number of nitrogens with one attached hydrogen (secondary N) is 1. The molecule has 16 heteroatoms. The average Bonchev–Trinajstić information content (AvgIpc) is 3.46. The Hall–Kier alpha value is -3.50. The number of hydrogen-bond donors (Lipinski definition) is 1. The number of pyridine rings is 1. The summed E-state index contributed by atoms with van der Waals surface area (Å²) >= 11 is 6.17. The van der Waals surface area contributed by atoms with Gasteiger partial charge in [-0.2, -0.15) is 26.3 Å². The maximum Gasteiger partial charge on any atom is 0.416 e. The van der Waals surface area contributed by atoms with Crippen LogP contribution in [0.4, 0.5) is 26.3 Å². The van der Waals surface area contributed by atoms with Crippen molar-refractivity contribution < 1.29 is 45.5 Å². The number of likely N-dealkylation sites (N-methyl/N-ethyl adjacent to an activating group) is 1. The van der Waals surface area contributed by atoms with Crippen LogP contribution in [0.2, 0.25) is 0 Å². The fourth-order valence-electron chi connectivity index (χ4n) is 4.46. The summed E-state index contributed by atoms with van der Waals surface area (Å²) in [4.78, 5) is 44.7. The first-order valence-corrected chi connectivity index (χ1v) is 14.5. The number of alkyl halides is 6. The largest absolute Gasteiger partial charge is 0.461 e. The highest BCUT2D eigenvalue weighted by molar-refractivity contribution is 8.26. The molecule has 236 valence electrons. The Morgan fingerprint density at radius 1 is 1.11 bits per heavy atom. The number of carbonyl (C=O) groups excluding carboxylic acids is 3. The lowest BCUT2D eigenvalue weighted by molar-refractivity contribution is -0.148. The van der Waals surface area contributed by atoms with Gasteiger partial charge in [0, 0.05) is 38.2 Å². The summed E-state index contributed by atoms with van der Waals surface area (Å²) < 4.78 is 85.3. The monoisotopic (exact) mass is 660 g/mol. The number of amides is 2. The summed E-state index contributed by atoms with van der Waals surface area (Å²) in [7, 11) is 1.93. The number of benzene rings is 1. The number of likely N-dealkylation sites (tertiary alicyclic amines) is 1. The number of ether oxygens (including phenoxy) is 1. The van der Waals surface area contributed by atoms with Gasteiger partial charge in [0.15, 0.2) is 0 Å². The van der Waals surface area contributed by atoms with Crippen molar-refractivity contribution in [3.05, 3.63) is 58.1 Å². The number of aromatic nitrogens is 1. The number of thiocarbonyl (C=S) groups is 1. The summed E-state index contributed by atoms with van der Waals surface area (Å²) in [6, 6.07) is 5.24. The highest BCUT2D eigenvalue weighted by Crippen LogP contribution is 2.38. The fourth-order valence-corrected chi connectivity index (χ4v) is 5.76. The molecule has 3 heterocycles. The van der Waals surface area contributed by atoms with Crippen LogP contribution in [0.25, 0.3) is 17.3 Å². The molecule has 44 heavy (non-hydrogen) atoms. The Labute approximate surface area is 257 Å². The molecule has 1 N–H and O–H groups in total. The number of rotatable bonds is 9. The molecule has 1 atom stereocenters. The van der Waals surface area contributed by atoms with Gasteiger partial charge in [0.2, 0.25) is 5.91 Å². The fraction of sp³-hybridized carbons (Fsp3) is 0.393. The van der Waals surface area contributed by atoms with E-state index in [0.29, 0.717) is 18.7 Å². The van der Waals surface area contributed by atoms with Gasteiger partial charge in [-0.25, -0.2) is 4.98 Å². The molecule has 2 aliphatic heterocycles. The zero-order valence-corrected chi connectivity index (χ0v) is 24.8. The van der Waals surface area contributed by atoms with Gasteiger partial charge >= 0.3 is 18.3 Å². The lowest BCUT2D eigenvalue weighted by atomic mass is 10.0. The van der Waals surface area contributed by atoms with Gasteiger partial charge < -0.3 is 15.0 Å². The Bertz CT molecular complexity index is 1450. The second kappa shape index (κ2) is 13.6. The standard InChI is InChI=1S/C28H26F6N4O4S2/c1-37-9-6-20(15-37)42-24(40)5-8-35-23(39)7-10-38-25(41)22(44-26(38)43)14-19-3-2-4-21(36-19)16-11-17(27(29,30)31)13-18(12-16)28(32,33)34/h2-4,11-14,20H,5-10,15H2,1H3,(H,35,39). The van der Waals surface area contributed by atoms with Gasteiger partial charge in [-0.1, -0.05) is 30.0 Å². The van der Waals surface area contributed by atoms with E-state index in [1.54, 1.807) is 0 Å². The van der Waals surface area contributed by atoms with Crippen LogP contribution < -0.4 is 5.32 Å². The molecular formula is C28H26F6N4O4S2.